The molecule has 4 heteroatoms. The summed E-state index contributed by atoms with van der Waals surface area (Å²) in [5, 5.41) is 2.85. The van der Waals surface area contributed by atoms with Crippen LogP contribution in [0.5, 0.6) is 0 Å². The third-order valence-electron chi connectivity index (χ3n) is 3.66. The molecule has 20 heavy (non-hydrogen) atoms. The fraction of sp³-hybridized carbons (Fsp3) is 0.500. The monoisotopic (exact) mass is 275 g/mol. The highest BCUT2D eigenvalue weighted by molar-refractivity contribution is 5.88. The van der Waals surface area contributed by atoms with Gasteiger partial charge in [-0.25, -0.2) is 0 Å². The number of benzene rings is 1. The van der Waals surface area contributed by atoms with E-state index in [2.05, 4.69) is 5.32 Å². The molecular weight excluding hydrogens is 254 g/mol. The van der Waals surface area contributed by atoms with E-state index in [1.807, 2.05) is 30.3 Å². The van der Waals surface area contributed by atoms with E-state index in [1.165, 1.54) is 6.92 Å². The Labute approximate surface area is 119 Å². The summed E-state index contributed by atoms with van der Waals surface area (Å²) in [6.07, 6.45) is 2.31. The maximum Gasteiger partial charge on any atom is 0.221 e. The van der Waals surface area contributed by atoms with Gasteiger partial charge in [0.1, 0.15) is 6.04 Å². The minimum absolute atomic E-state index is 0.0449. The van der Waals surface area contributed by atoms with Gasteiger partial charge in [0.15, 0.2) is 5.78 Å². The zero-order chi connectivity index (χ0) is 14.4. The normalized spacial score (nSPS) is 17.4. The number of amides is 1. The highest BCUT2D eigenvalue weighted by Gasteiger charge is 2.22. The molecule has 4 nitrogen and oxygen atoms in total. The van der Waals surface area contributed by atoms with Gasteiger partial charge in [0, 0.05) is 19.6 Å². The molecule has 1 aliphatic heterocycles. The first kappa shape index (κ1) is 14.7. The average Bonchev–Trinajstić information content (AvgIpc) is 2.46. The van der Waals surface area contributed by atoms with E-state index in [0.29, 0.717) is 12.3 Å². The topological polar surface area (TPSA) is 55.4 Å². The zero-order valence-electron chi connectivity index (χ0n) is 11.8. The van der Waals surface area contributed by atoms with Gasteiger partial charge in [-0.05, 0) is 31.2 Å². The van der Waals surface area contributed by atoms with Crippen LogP contribution in [-0.2, 0) is 14.3 Å². The van der Waals surface area contributed by atoms with E-state index in [4.69, 9.17) is 4.74 Å². The van der Waals surface area contributed by atoms with Crippen LogP contribution >= 0.6 is 0 Å². The first-order chi connectivity index (χ1) is 9.66. The molecule has 0 saturated carbocycles. The second-order valence-corrected chi connectivity index (χ2v) is 5.28. The van der Waals surface area contributed by atoms with Crippen LogP contribution in [0.4, 0.5) is 0 Å². The van der Waals surface area contributed by atoms with Gasteiger partial charge in [-0.3, -0.25) is 9.59 Å². The Kier molecular flexibility index (Phi) is 5.30. The Bertz CT molecular complexity index is 452. The van der Waals surface area contributed by atoms with Crippen LogP contribution in [-0.4, -0.2) is 24.9 Å². The number of hydrogen-bond acceptors (Lipinski definition) is 3. The molecule has 1 aromatic rings. The first-order valence-electron chi connectivity index (χ1n) is 7.09. The number of carbonyl (C=O) groups is 2. The molecule has 1 saturated heterocycles. The Balaban J connectivity index is 1.94. The Hall–Kier alpha value is -1.68. The van der Waals surface area contributed by atoms with Crippen LogP contribution < -0.4 is 5.32 Å². The quantitative estimate of drug-likeness (QED) is 0.896. The predicted octanol–water partition coefficient (Wildman–Crippen LogP) is 2.25. The minimum Gasteiger partial charge on any atom is -0.381 e. The molecule has 1 heterocycles. The lowest BCUT2D eigenvalue weighted by atomic mass is 9.95. The van der Waals surface area contributed by atoms with Crippen LogP contribution in [0.3, 0.4) is 0 Å². The van der Waals surface area contributed by atoms with Crippen LogP contribution in [0, 0.1) is 5.92 Å². The first-order valence-corrected chi connectivity index (χ1v) is 7.09. The van der Waals surface area contributed by atoms with Gasteiger partial charge in [0.2, 0.25) is 5.91 Å². The van der Waals surface area contributed by atoms with Crippen LogP contribution in [0.15, 0.2) is 30.3 Å². The van der Waals surface area contributed by atoms with Crippen molar-refractivity contribution in [3.8, 4) is 0 Å². The summed E-state index contributed by atoms with van der Waals surface area (Å²) in [5.74, 6) is 0.268. The Morgan fingerprint density at radius 2 is 1.90 bits per heavy atom. The molecule has 0 unspecified atom stereocenters. The van der Waals surface area contributed by atoms with Gasteiger partial charge in [0.05, 0.1) is 0 Å². The molecule has 1 atom stereocenters. The Morgan fingerprint density at radius 1 is 1.25 bits per heavy atom. The van der Waals surface area contributed by atoms with Gasteiger partial charge < -0.3 is 10.1 Å². The van der Waals surface area contributed by atoms with E-state index < -0.39 is 6.04 Å². The van der Waals surface area contributed by atoms with E-state index in [-0.39, 0.29) is 11.7 Å². The molecule has 0 bridgehead atoms. The third-order valence-corrected chi connectivity index (χ3v) is 3.66. The number of hydrogen-bond donors (Lipinski definition) is 1. The molecule has 1 fully saturated rings. The third kappa shape index (κ3) is 4.17. The zero-order valence-corrected chi connectivity index (χ0v) is 11.8. The Morgan fingerprint density at radius 3 is 2.50 bits per heavy atom. The van der Waals surface area contributed by atoms with Crippen molar-refractivity contribution in [1.82, 2.24) is 5.32 Å². The highest BCUT2D eigenvalue weighted by atomic mass is 16.5. The molecule has 1 aromatic carbocycles. The standard InChI is InChI=1S/C16H21NO3/c1-12(18)16(14-5-3-2-4-6-14)17-15(19)11-13-7-9-20-10-8-13/h2-6,13,16H,7-11H2,1H3,(H,17,19)/t16-/m0/s1. The average molecular weight is 275 g/mol. The summed E-state index contributed by atoms with van der Waals surface area (Å²) < 4.78 is 5.28. The molecule has 0 aliphatic carbocycles. The van der Waals surface area contributed by atoms with Crippen molar-refractivity contribution in [3.05, 3.63) is 35.9 Å². The van der Waals surface area contributed by atoms with Gasteiger partial charge in [-0.2, -0.15) is 0 Å². The van der Waals surface area contributed by atoms with Crippen molar-refractivity contribution < 1.29 is 14.3 Å². The molecule has 0 radical (unpaired) electrons. The summed E-state index contributed by atoms with van der Waals surface area (Å²) in [5.41, 5.74) is 0.834. The maximum absolute atomic E-state index is 12.1. The largest absolute Gasteiger partial charge is 0.381 e. The second-order valence-electron chi connectivity index (χ2n) is 5.28. The van der Waals surface area contributed by atoms with E-state index in [9.17, 15) is 9.59 Å². The summed E-state index contributed by atoms with van der Waals surface area (Å²) in [6, 6.07) is 8.82. The molecule has 1 aliphatic rings. The van der Waals surface area contributed by atoms with Crippen LogP contribution in [0.2, 0.25) is 0 Å². The fourth-order valence-electron chi connectivity index (χ4n) is 2.50. The van der Waals surface area contributed by atoms with Crippen molar-refractivity contribution in [2.24, 2.45) is 5.92 Å². The molecule has 2 rings (SSSR count). The SMILES string of the molecule is CC(=O)[C@H](NC(=O)CC1CCOCC1)c1ccccc1. The summed E-state index contributed by atoms with van der Waals surface area (Å²) in [7, 11) is 0. The molecule has 0 aromatic heterocycles. The smallest absolute Gasteiger partial charge is 0.221 e. The summed E-state index contributed by atoms with van der Waals surface area (Å²) in [4.78, 5) is 23.8. The van der Waals surface area contributed by atoms with E-state index in [0.717, 1.165) is 31.6 Å². The number of ketones is 1. The summed E-state index contributed by atoms with van der Waals surface area (Å²) in [6.45, 7) is 2.96. The van der Waals surface area contributed by atoms with Crippen molar-refractivity contribution in [3.63, 3.8) is 0 Å². The predicted molar refractivity (Wildman–Crippen MR) is 76.2 cm³/mol. The van der Waals surface area contributed by atoms with Gasteiger partial charge in [-0.15, -0.1) is 0 Å². The van der Waals surface area contributed by atoms with Crippen molar-refractivity contribution >= 4 is 11.7 Å². The number of nitrogens with one attached hydrogen (secondary N) is 1. The molecule has 1 amide bonds. The number of Topliss-reactive ketones (excluding diaryl/α,β-unsaturated/α-hetero) is 1. The fourth-order valence-corrected chi connectivity index (χ4v) is 2.50. The van der Waals surface area contributed by atoms with E-state index in [1.54, 1.807) is 0 Å². The van der Waals surface area contributed by atoms with Crippen LogP contribution in [0.1, 0.15) is 37.8 Å². The van der Waals surface area contributed by atoms with Crippen molar-refractivity contribution in [1.29, 1.82) is 0 Å². The lowest BCUT2D eigenvalue weighted by molar-refractivity contribution is -0.128. The lowest BCUT2D eigenvalue weighted by Crippen LogP contribution is -2.34. The van der Waals surface area contributed by atoms with Gasteiger partial charge >= 0.3 is 0 Å². The maximum atomic E-state index is 12.1. The molecule has 108 valence electrons. The van der Waals surface area contributed by atoms with Crippen LogP contribution in [0.25, 0.3) is 0 Å². The minimum atomic E-state index is -0.538. The van der Waals surface area contributed by atoms with E-state index >= 15 is 0 Å². The second kappa shape index (κ2) is 7.20. The number of carbonyl (C=O) groups excluding carboxylic acids is 2. The molecular formula is C16H21NO3. The van der Waals surface area contributed by atoms with Crippen molar-refractivity contribution in [2.45, 2.75) is 32.2 Å². The highest BCUT2D eigenvalue weighted by Crippen LogP contribution is 2.20. The van der Waals surface area contributed by atoms with Crippen molar-refractivity contribution in [2.75, 3.05) is 13.2 Å². The molecule has 0 spiro atoms. The van der Waals surface area contributed by atoms with Gasteiger partial charge in [-0.1, -0.05) is 30.3 Å². The molecule has 1 N–H and O–H groups in total. The number of rotatable bonds is 5. The summed E-state index contributed by atoms with van der Waals surface area (Å²) >= 11 is 0. The van der Waals surface area contributed by atoms with Gasteiger partial charge in [0.25, 0.3) is 0 Å². The number of ether oxygens (including phenoxy) is 1. The lowest BCUT2D eigenvalue weighted by Gasteiger charge is -2.23.